The summed E-state index contributed by atoms with van der Waals surface area (Å²) in [6, 6.07) is 0. The molecule has 4 nitrogen and oxygen atoms in total. The molecule has 0 aromatic heterocycles. The van der Waals surface area contributed by atoms with Gasteiger partial charge in [0.25, 0.3) is 0 Å². The van der Waals surface area contributed by atoms with E-state index in [9.17, 15) is 9.59 Å². The van der Waals surface area contributed by atoms with Gasteiger partial charge in [-0.25, -0.2) is 0 Å². The van der Waals surface area contributed by atoms with Crippen LogP contribution in [0.2, 0.25) is 0 Å². The summed E-state index contributed by atoms with van der Waals surface area (Å²) in [6.07, 6.45) is 3.11. The van der Waals surface area contributed by atoms with E-state index in [1.807, 2.05) is 11.2 Å². The third-order valence-corrected chi connectivity index (χ3v) is 2.22. The average molecular weight is 170 g/mol. The Hall–Kier alpha value is -0.900. The third kappa shape index (κ3) is 2.30. The van der Waals surface area contributed by atoms with Crippen molar-refractivity contribution in [2.45, 2.75) is 12.8 Å². The third-order valence-electron chi connectivity index (χ3n) is 2.22. The summed E-state index contributed by atoms with van der Waals surface area (Å²) in [5.74, 6) is -0.933. The molecule has 0 atom stereocenters. The van der Waals surface area contributed by atoms with Crippen LogP contribution in [0.4, 0.5) is 0 Å². The number of carboxylic acid groups (broad SMARTS) is 1. The van der Waals surface area contributed by atoms with Crippen molar-refractivity contribution in [1.82, 2.24) is 4.90 Å². The molecule has 4 heteroatoms. The zero-order chi connectivity index (χ0) is 8.97. The van der Waals surface area contributed by atoms with Crippen LogP contribution >= 0.6 is 0 Å². The van der Waals surface area contributed by atoms with Crippen molar-refractivity contribution in [3.8, 4) is 0 Å². The lowest BCUT2D eigenvalue weighted by molar-refractivity contribution is -0.143. The van der Waals surface area contributed by atoms with E-state index in [0.717, 1.165) is 0 Å². The Kier molecular flexibility index (Phi) is 3.22. The predicted octanol–water partition coefficient (Wildman–Crippen LogP) is -0.107. The van der Waals surface area contributed by atoms with E-state index in [1.165, 1.54) is 0 Å². The first-order valence-electron chi connectivity index (χ1n) is 4.04. The molecule has 0 aromatic carbocycles. The Morgan fingerprint density at radius 2 is 2.08 bits per heavy atom. The van der Waals surface area contributed by atoms with Gasteiger partial charge < -0.3 is 5.11 Å². The van der Waals surface area contributed by atoms with Gasteiger partial charge >= 0.3 is 5.97 Å². The van der Waals surface area contributed by atoms with E-state index in [2.05, 4.69) is 0 Å². The van der Waals surface area contributed by atoms with E-state index in [-0.39, 0.29) is 5.92 Å². The molecule has 1 radical (unpaired) electrons. The molecule has 67 valence electrons. The van der Waals surface area contributed by atoms with Crippen LogP contribution in [0.25, 0.3) is 0 Å². The minimum Gasteiger partial charge on any atom is -0.481 e. The quantitative estimate of drug-likeness (QED) is 0.642. The molecule has 1 aliphatic rings. The van der Waals surface area contributed by atoms with E-state index in [1.54, 1.807) is 0 Å². The van der Waals surface area contributed by atoms with Gasteiger partial charge in [0.05, 0.1) is 12.5 Å². The average Bonchev–Trinajstić information content (AvgIpc) is 2.06. The highest BCUT2D eigenvalue weighted by Gasteiger charge is 2.23. The summed E-state index contributed by atoms with van der Waals surface area (Å²) in [6.45, 7) is 1.71. The summed E-state index contributed by atoms with van der Waals surface area (Å²) in [5, 5.41) is 8.66. The molecule has 1 saturated heterocycles. The fourth-order valence-corrected chi connectivity index (χ4v) is 1.43. The van der Waals surface area contributed by atoms with Gasteiger partial charge in [0.1, 0.15) is 0 Å². The van der Waals surface area contributed by atoms with E-state index < -0.39 is 5.97 Å². The number of likely N-dealkylation sites (tertiary alicyclic amines) is 1. The van der Waals surface area contributed by atoms with Crippen molar-refractivity contribution in [3.05, 3.63) is 0 Å². The number of hydrogen-bond donors (Lipinski definition) is 1. The van der Waals surface area contributed by atoms with Crippen LogP contribution in [0.5, 0.6) is 0 Å². The van der Waals surface area contributed by atoms with Gasteiger partial charge in [0.15, 0.2) is 0 Å². The van der Waals surface area contributed by atoms with Crippen LogP contribution in [0, 0.1) is 5.92 Å². The summed E-state index contributed by atoms with van der Waals surface area (Å²) in [5.41, 5.74) is 0. The fraction of sp³-hybridized carbons (Fsp3) is 0.750. The van der Waals surface area contributed by atoms with Gasteiger partial charge in [0.2, 0.25) is 6.29 Å². The maximum Gasteiger partial charge on any atom is 0.306 e. The number of carbonyl (C=O) groups is 1. The smallest absolute Gasteiger partial charge is 0.306 e. The highest BCUT2D eigenvalue weighted by molar-refractivity contribution is 5.70. The number of carboxylic acids is 1. The topological polar surface area (TPSA) is 57.6 Å². The van der Waals surface area contributed by atoms with Crippen molar-refractivity contribution < 1.29 is 14.7 Å². The van der Waals surface area contributed by atoms with Gasteiger partial charge in [-0.2, -0.15) is 0 Å². The monoisotopic (exact) mass is 170 g/mol. The molecule has 0 aromatic rings. The molecular weight excluding hydrogens is 158 g/mol. The molecule has 1 fully saturated rings. The van der Waals surface area contributed by atoms with E-state index >= 15 is 0 Å². The lowest BCUT2D eigenvalue weighted by Crippen LogP contribution is -2.37. The summed E-state index contributed by atoms with van der Waals surface area (Å²) in [4.78, 5) is 22.5. The van der Waals surface area contributed by atoms with Crippen LogP contribution in [-0.4, -0.2) is 41.9 Å². The molecule has 0 saturated carbocycles. The van der Waals surface area contributed by atoms with Gasteiger partial charge in [-0.3, -0.25) is 14.5 Å². The Bertz CT molecular complexity index is 173. The Morgan fingerprint density at radius 3 is 2.50 bits per heavy atom. The molecule has 0 amide bonds. The molecule has 1 heterocycles. The number of nitrogens with zero attached hydrogens (tertiary/aromatic N) is 1. The van der Waals surface area contributed by atoms with Crippen molar-refractivity contribution in [1.29, 1.82) is 0 Å². The standard InChI is InChI=1S/C8H12NO3/c10-6-5-9-3-1-7(2-4-9)8(11)12/h7H,1-5H2,(H,11,12). The minimum absolute atomic E-state index is 0.215. The normalized spacial score (nSPS) is 20.7. The zero-order valence-electron chi connectivity index (χ0n) is 6.82. The first-order chi connectivity index (χ1) is 5.74. The molecule has 12 heavy (non-hydrogen) atoms. The second-order valence-electron chi connectivity index (χ2n) is 3.03. The molecule has 1 aliphatic heterocycles. The van der Waals surface area contributed by atoms with Gasteiger partial charge in [0, 0.05) is 0 Å². The molecule has 1 N–H and O–H groups in total. The lowest BCUT2D eigenvalue weighted by Gasteiger charge is -2.27. The number of carbonyl (C=O) groups excluding carboxylic acids is 1. The first-order valence-corrected chi connectivity index (χ1v) is 4.04. The van der Waals surface area contributed by atoms with Gasteiger partial charge in [-0.05, 0) is 25.9 Å². The van der Waals surface area contributed by atoms with Crippen LogP contribution < -0.4 is 0 Å². The number of aliphatic carboxylic acids is 1. The van der Waals surface area contributed by atoms with Crippen molar-refractivity contribution >= 4 is 12.3 Å². The minimum atomic E-state index is -0.718. The second kappa shape index (κ2) is 4.21. The first kappa shape index (κ1) is 9.19. The van der Waals surface area contributed by atoms with Crippen LogP contribution in [0.3, 0.4) is 0 Å². The lowest BCUT2D eigenvalue weighted by atomic mass is 9.97. The highest BCUT2D eigenvalue weighted by Crippen LogP contribution is 2.16. The fourth-order valence-electron chi connectivity index (χ4n) is 1.43. The number of rotatable bonds is 3. The number of piperidine rings is 1. The summed E-state index contributed by atoms with van der Waals surface area (Å²) < 4.78 is 0. The maximum absolute atomic E-state index is 10.5. The Labute approximate surface area is 71.2 Å². The van der Waals surface area contributed by atoms with Crippen LogP contribution in [0.1, 0.15) is 12.8 Å². The molecule has 1 rings (SSSR count). The summed E-state index contributed by atoms with van der Waals surface area (Å²) >= 11 is 0. The van der Waals surface area contributed by atoms with Crippen molar-refractivity contribution in [3.63, 3.8) is 0 Å². The van der Waals surface area contributed by atoms with Gasteiger partial charge in [-0.15, -0.1) is 0 Å². The van der Waals surface area contributed by atoms with E-state index in [0.29, 0.717) is 32.5 Å². The Balaban J connectivity index is 2.29. The second-order valence-corrected chi connectivity index (χ2v) is 3.03. The van der Waals surface area contributed by atoms with Crippen LogP contribution in [-0.2, 0) is 9.59 Å². The molecule has 0 bridgehead atoms. The largest absolute Gasteiger partial charge is 0.481 e. The maximum atomic E-state index is 10.5. The number of hydrogen-bond acceptors (Lipinski definition) is 3. The molecular formula is C8H12NO3. The molecule has 0 unspecified atom stereocenters. The van der Waals surface area contributed by atoms with E-state index in [4.69, 9.17) is 5.11 Å². The summed E-state index contributed by atoms with van der Waals surface area (Å²) in [7, 11) is 0. The molecule has 0 spiro atoms. The Morgan fingerprint density at radius 1 is 1.50 bits per heavy atom. The predicted molar refractivity (Wildman–Crippen MR) is 42.5 cm³/mol. The zero-order valence-corrected chi connectivity index (χ0v) is 6.82. The van der Waals surface area contributed by atoms with Crippen molar-refractivity contribution in [2.75, 3.05) is 19.6 Å². The highest BCUT2D eigenvalue weighted by atomic mass is 16.4. The molecule has 0 aliphatic carbocycles. The SMILES string of the molecule is O=[C]CN1CCC(C(=O)O)CC1. The van der Waals surface area contributed by atoms with Gasteiger partial charge in [-0.1, -0.05) is 0 Å². The van der Waals surface area contributed by atoms with Crippen molar-refractivity contribution in [2.24, 2.45) is 5.92 Å². The van der Waals surface area contributed by atoms with Crippen LogP contribution in [0.15, 0.2) is 0 Å².